The van der Waals surface area contributed by atoms with Crippen molar-refractivity contribution < 1.29 is 5.11 Å². The summed E-state index contributed by atoms with van der Waals surface area (Å²) < 4.78 is 2.00. The number of rotatable bonds is 6. The van der Waals surface area contributed by atoms with Crippen molar-refractivity contribution in [3.63, 3.8) is 0 Å². The Kier molecular flexibility index (Phi) is 4.78. The van der Waals surface area contributed by atoms with Crippen LogP contribution in [0.5, 0.6) is 0 Å². The Morgan fingerprint density at radius 3 is 2.93 bits per heavy atom. The van der Waals surface area contributed by atoms with Crippen molar-refractivity contribution in [3.05, 3.63) is 18.0 Å². The molecule has 4 heteroatoms. The summed E-state index contributed by atoms with van der Waals surface area (Å²) in [5.41, 5.74) is 1.06. The molecule has 1 rings (SSSR count). The van der Waals surface area contributed by atoms with Crippen LogP contribution >= 0.6 is 0 Å². The Morgan fingerprint density at radius 1 is 1.60 bits per heavy atom. The molecular weight excluding hydrogens is 190 g/mol. The quantitative estimate of drug-likeness (QED) is 0.770. The molecule has 1 unspecified atom stereocenters. The molecule has 0 saturated carbocycles. The summed E-state index contributed by atoms with van der Waals surface area (Å²) in [7, 11) is 1.98. The summed E-state index contributed by atoms with van der Waals surface area (Å²) in [4.78, 5) is 2.06. The minimum absolute atomic E-state index is 0.197. The first-order chi connectivity index (χ1) is 7.17. The lowest BCUT2D eigenvalue weighted by molar-refractivity contribution is 0.215. The number of likely N-dealkylation sites (N-methyl/N-ethyl adjacent to an activating group) is 1. The lowest BCUT2D eigenvalue weighted by Gasteiger charge is -2.13. The van der Waals surface area contributed by atoms with Crippen LogP contribution in [0.4, 0.5) is 0 Å². The van der Waals surface area contributed by atoms with Gasteiger partial charge in [-0.2, -0.15) is 5.10 Å². The Labute approximate surface area is 91.5 Å². The van der Waals surface area contributed by atoms with Gasteiger partial charge in [-0.05, 0) is 26.5 Å². The van der Waals surface area contributed by atoms with E-state index in [2.05, 4.69) is 23.8 Å². The smallest absolute Gasteiger partial charge is 0.0764 e. The number of aliphatic hydroxyl groups excluding tert-OH is 1. The summed E-state index contributed by atoms with van der Waals surface area (Å²) in [5.74, 6) is 0. The van der Waals surface area contributed by atoms with E-state index in [-0.39, 0.29) is 6.61 Å². The van der Waals surface area contributed by atoms with Crippen molar-refractivity contribution in [2.75, 3.05) is 20.2 Å². The monoisotopic (exact) mass is 211 g/mol. The number of hydrogen-bond donors (Lipinski definition) is 1. The van der Waals surface area contributed by atoms with Crippen LogP contribution in [0.15, 0.2) is 12.3 Å². The van der Waals surface area contributed by atoms with Gasteiger partial charge in [0.05, 0.1) is 12.3 Å². The van der Waals surface area contributed by atoms with Gasteiger partial charge in [0.25, 0.3) is 0 Å². The first-order valence-corrected chi connectivity index (χ1v) is 5.50. The summed E-state index contributed by atoms with van der Waals surface area (Å²) >= 11 is 0. The molecule has 0 saturated heterocycles. The van der Waals surface area contributed by atoms with Gasteiger partial charge < -0.3 is 5.11 Å². The zero-order valence-electron chi connectivity index (χ0n) is 9.85. The Hall–Kier alpha value is -0.870. The summed E-state index contributed by atoms with van der Waals surface area (Å²) in [6.45, 7) is 6.00. The summed E-state index contributed by atoms with van der Waals surface area (Å²) in [6.07, 6.45) is 3.11. The van der Waals surface area contributed by atoms with E-state index < -0.39 is 0 Å². The van der Waals surface area contributed by atoms with E-state index in [1.807, 2.05) is 24.0 Å². The molecule has 86 valence electrons. The third-order valence-corrected chi connectivity index (χ3v) is 2.62. The second-order valence-corrected chi connectivity index (χ2v) is 4.01. The average molecular weight is 211 g/mol. The molecular formula is C11H21N3O. The van der Waals surface area contributed by atoms with Crippen LogP contribution in [-0.4, -0.2) is 40.0 Å². The SMILES string of the molecule is CCC(C)n1ccc(CN(C)CCO)n1. The fourth-order valence-corrected chi connectivity index (χ4v) is 1.42. The summed E-state index contributed by atoms with van der Waals surface area (Å²) in [6, 6.07) is 2.50. The van der Waals surface area contributed by atoms with Gasteiger partial charge in [0.2, 0.25) is 0 Å². The molecule has 0 amide bonds. The first-order valence-electron chi connectivity index (χ1n) is 5.50. The van der Waals surface area contributed by atoms with Gasteiger partial charge in [-0.15, -0.1) is 0 Å². The van der Waals surface area contributed by atoms with Gasteiger partial charge in [-0.3, -0.25) is 9.58 Å². The number of nitrogens with zero attached hydrogens (tertiary/aromatic N) is 3. The van der Waals surface area contributed by atoms with Crippen LogP contribution in [0, 0.1) is 0 Å². The van der Waals surface area contributed by atoms with Gasteiger partial charge >= 0.3 is 0 Å². The predicted molar refractivity (Wildman–Crippen MR) is 60.6 cm³/mol. The third kappa shape index (κ3) is 3.64. The minimum Gasteiger partial charge on any atom is -0.395 e. The third-order valence-electron chi connectivity index (χ3n) is 2.62. The van der Waals surface area contributed by atoms with Crippen molar-refractivity contribution in [1.29, 1.82) is 0 Å². The van der Waals surface area contributed by atoms with Crippen LogP contribution in [0.25, 0.3) is 0 Å². The van der Waals surface area contributed by atoms with Crippen molar-refractivity contribution in [2.45, 2.75) is 32.9 Å². The zero-order chi connectivity index (χ0) is 11.3. The van der Waals surface area contributed by atoms with Gasteiger partial charge in [0.15, 0.2) is 0 Å². The zero-order valence-corrected chi connectivity index (χ0v) is 9.85. The highest BCUT2D eigenvalue weighted by Gasteiger charge is 2.06. The number of aromatic nitrogens is 2. The van der Waals surface area contributed by atoms with Gasteiger partial charge in [0.1, 0.15) is 0 Å². The van der Waals surface area contributed by atoms with E-state index >= 15 is 0 Å². The molecule has 1 heterocycles. The second-order valence-electron chi connectivity index (χ2n) is 4.01. The topological polar surface area (TPSA) is 41.3 Å². The average Bonchev–Trinajstić information content (AvgIpc) is 2.65. The minimum atomic E-state index is 0.197. The molecule has 0 aromatic carbocycles. The maximum Gasteiger partial charge on any atom is 0.0764 e. The molecule has 0 aliphatic carbocycles. The molecule has 0 aliphatic rings. The molecule has 15 heavy (non-hydrogen) atoms. The van der Waals surface area contributed by atoms with Crippen LogP contribution in [0.1, 0.15) is 32.0 Å². The maximum absolute atomic E-state index is 8.78. The van der Waals surface area contributed by atoms with Crippen molar-refractivity contribution >= 4 is 0 Å². The largest absolute Gasteiger partial charge is 0.395 e. The molecule has 1 atom stereocenters. The Bertz CT molecular complexity index is 285. The molecule has 0 radical (unpaired) electrons. The van der Waals surface area contributed by atoms with Crippen molar-refractivity contribution in [2.24, 2.45) is 0 Å². The van der Waals surface area contributed by atoms with E-state index in [0.29, 0.717) is 12.6 Å². The van der Waals surface area contributed by atoms with Gasteiger partial charge in [-0.1, -0.05) is 6.92 Å². The lowest BCUT2D eigenvalue weighted by atomic mass is 10.3. The lowest BCUT2D eigenvalue weighted by Crippen LogP contribution is -2.21. The number of hydrogen-bond acceptors (Lipinski definition) is 3. The first kappa shape index (κ1) is 12.2. The normalized spacial score (nSPS) is 13.4. The van der Waals surface area contributed by atoms with E-state index in [4.69, 9.17) is 5.11 Å². The molecule has 0 fully saturated rings. The highest BCUT2D eigenvalue weighted by molar-refractivity contribution is 4.99. The van der Waals surface area contributed by atoms with E-state index in [9.17, 15) is 0 Å². The van der Waals surface area contributed by atoms with Crippen molar-refractivity contribution in [1.82, 2.24) is 14.7 Å². The fourth-order valence-electron chi connectivity index (χ4n) is 1.42. The van der Waals surface area contributed by atoms with Crippen LogP contribution in [0.2, 0.25) is 0 Å². The standard InChI is InChI=1S/C11H21N3O/c1-4-10(2)14-6-5-11(12-14)9-13(3)7-8-15/h5-6,10,15H,4,7-9H2,1-3H3. The predicted octanol–water partition coefficient (Wildman–Crippen LogP) is 1.28. The highest BCUT2D eigenvalue weighted by Crippen LogP contribution is 2.09. The molecule has 0 spiro atoms. The molecule has 4 nitrogen and oxygen atoms in total. The van der Waals surface area contributed by atoms with Gasteiger partial charge in [0, 0.05) is 25.3 Å². The Morgan fingerprint density at radius 2 is 2.33 bits per heavy atom. The number of aliphatic hydroxyl groups is 1. The summed E-state index contributed by atoms with van der Waals surface area (Å²) in [5, 5.41) is 13.3. The Balaban J connectivity index is 2.52. The van der Waals surface area contributed by atoms with E-state index in [0.717, 1.165) is 18.7 Å². The van der Waals surface area contributed by atoms with Crippen LogP contribution < -0.4 is 0 Å². The van der Waals surface area contributed by atoms with E-state index in [1.165, 1.54) is 0 Å². The molecule has 1 N–H and O–H groups in total. The van der Waals surface area contributed by atoms with Gasteiger partial charge in [-0.25, -0.2) is 0 Å². The van der Waals surface area contributed by atoms with Crippen molar-refractivity contribution in [3.8, 4) is 0 Å². The molecule has 0 bridgehead atoms. The van der Waals surface area contributed by atoms with Crippen LogP contribution in [-0.2, 0) is 6.54 Å². The highest BCUT2D eigenvalue weighted by atomic mass is 16.3. The van der Waals surface area contributed by atoms with E-state index in [1.54, 1.807) is 0 Å². The van der Waals surface area contributed by atoms with Crippen LogP contribution in [0.3, 0.4) is 0 Å². The fraction of sp³-hybridized carbons (Fsp3) is 0.727. The molecule has 1 aromatic heterocycles. The second kappa shape index (κ2) is 5.88. The maximum atomic E-state index is 8.78. The molecule has 1 aromatic rings. The molecule has 0 aliphatic heterocycles.